The van der Waals surface area contributed by atoms with Crippen molar-refractivity contribution < 1.29 is 13.6 Å². The molecule has 2 aliphatic carbocycles. The van der Waals surface area contributed by atoms with Crippen LogP contribution in [0.2, 0.25) is 0 Å². The summed E-state index contributed by atoms with van der Waals surface area (Å²) >= 11 is 0. The molecule has 0 aliphatic heterocycles. The summed E-state index contributed by atoms with van der Waals surface area (Å²) in [6.07, 6.45) is 0. The van der Waals surface area contributed by atoms with Gasteiger partial charge in [0.05, 0.1) is 5.56 Å². The third-order valence-electron chi connectivity index (χ3n) is 1.54. The first-order chi connectivity index (χ1) is 4.70. The number of hydrogen-bond acceptors (Lipinski definition) is 1. The molecule has 1 aromatic carbocycles. The Morgan fingerprint density at radius 2 is 1.90 bits per heavy atom. The first kappa shape index (κ1) is 5.53. The van der Waals surface area contributed by atoms with Gasteiger partial charge >= 0.3 is 0 Å². The molecule has 0 saturated carbocycles. The van der Waals surface area contributed by atoms with E-state index in [4.69, 9.17) is 0 Å². The Kier molecular flexibility index (Phi) is 0.787. The van der Waals surface area contributed by atoms with E-state index < -0.39 is 11.6 Å². The Labute approximate surface area is 55.3 Å². The van der Waals surface area contributed by atoms with Crippen molar-refractivity contribution in [1.82, 2.24) is 0 Å². The van der Waals surface area contributed by atoms with Gasteiger partial charge in [0.15, 0.2) is 17.4 Å². The van der Waals surface area contributed by atoms with Crippen molar-refractivity contribution in [2.75, 3.05) is 0 Å². The molecule has 0 spiro atoms. The number of hydrogen-bond donors (Lipinski definition) is 0. The summed E-state index contributed by atoms with van der Waals surface area (Å²) in [5.41, 5.74) is 0.129. The molecule has 2 bridgehead atoms. The minimum atomic E-state index is -1.03. The maximum absolute atomic E-state index is 12.4. The third kappa shape index (κ3) is 0.431. The lowest BCUT2D eigenvalue weighted by Gasteiger charge is -2.13. The summed E-state index contributed by atoms with van der Waals surface area (Å²) in [6.45, 7) is 0. The normalized spacial score (nSPS) is 13.2. The second kappa shape index (κ2) is 1.42. The Hall–Kier alpha value is -1.25. The predicted octanol–water partition coefficient (Wildman–Crippen LogP) is 1.51. The van der Waals surface area contributed by atoms with Crippen LogP contribution in [0.15, 0.2) is 12.1 Å². The van der Waals surface area contributed by atoms with Gasteiger partial charge in [0.25, 0.3) is 0 Å². The Morgan fingerprint density at radius 1 is 1.20 bits per heavy atom. The number of benzene rings is 1. The van der Waals surface area contributed by atoms with Gasteiger partial charge in [0, 0.05) is 5.56 Å². The fourth-order valence-corrected chi connectivity index (χ4v) is 0.963. The molecule has 0 unspecified atom stereocenters. The topological polar surface area (TPSA) is 17.1 Å². The van der Waals surface area contributed by atoms with Crippen molar-refractivity contribution >= 4 is 5.78 Å². The second-order valence-electron chi connectivity index (χ2n) is 2.15. The molecular formula is C7H2F2O. The lowest BCUT2D eigenvalue weighted by atomic mass is 9.91. The lowest BCUT2D eigenvalue weighted by Crippen LogP contribution is -2.16. The van der Waals surface area contributed by atoms with E-state index in [0.29, 0.717) is 0 Å². The maximum Gasteiger partial charge on any atom is 0.196 e. The molecule has 2 aliphatic rings. The van der Waals surface area contributed by atoms with Gasteiger partial charge in [-0.15, -0.1) is 0 Å². The van der Waals surface area contributed by atoms with Gasteiger partial charge in [-0.3, -0.25) is 4.79 Å². The highest BCUT2D eigenvalue weighted by Gasteiger charge is 2.27. The summed E-state index contributed by atoms with van der Waals surface area (Å²) in [7, 11) is 0. The average molecular weight is 140 g/mol. The van der Waals surface area contributed by atoms with Crippen LogP contribution in [0, 0.1) is 11.6 Å². The molecule has 0 amide bonds. The zero-order chi connectivity index (χ0) is 7.30. The highest BCUT2D eigenvalue weighted by Crippen LogP contribution is 2.26. The van der Waals surface area contributed by atoms with Gasteiger partial charge in [-0.1, -0.05) is 0 Å². The lowest BCUT2D eigenvalue weighted by molar-refractivity contribution is 0.101. The average Bonchev–Trinajstić information content (AvgIpc) is 1.92. The Balaban J connectivity index is 2.78. The minimum Gasteiger partial charge on any atom is -0.288 e. The number of halogens is 2. The third-order valence-corrected chi connectivity index (χ3v) is 1.54. The highest BCUT2D eigenvalue weighted by molar-refractivity contribution is 6.16. The summed E-state index contributed by atoms with van der Waals surface area (Å²) in [5, 5.41) is 0. The van der Waals surface area contributed by atoms with E-state index in [9.17, 15) is 13.6 Å². The van der Waals surface area contributed by atoms with Crippen LogP contribution < -0.4 is 0 Å². The van der Waals surface area contributed by atoms with E-state index in [0.717, 1.165) is 6.07 Å². The second-order valence-corrected chi connectivity index (χ2v) is 2.15. The van der Waals surface area contributed by atoms with Crippen LogP contribution in [0.1, 0.15) is 15.9 Å². The summed E-state index contributed by atoms with van der Waals surface area (Å²) in [5.74, 6) is -2.36. The minimum absolute atomic E-state index is 0.130. The molecule has 1 nitrogen and oxygen atoms in total. The number of carbonyl (C=O) groups is 1. The SMILES string of the molecule is O=C1c2cc(F)c(F)c1c2. The predicted molar refractivity (Wildman–Crippen MR) is 29.8 cm³/mol. The van der Waals surface area contributed by atoms with Gasteiger partial charge in [-0.2, -0.15) is 0 Å². The van der Waals surface area contributed by atoms with Crippen molar-refractivity contribution in [2.45, 2.75) is 0 Å². The quantitative estimate of drug-likeness (QED) is 0.542. The van der Waals surface area contributed by atoms with Gasteiger partial charge in [-0.05, 0) is 12.1 Å². The number of rotatable bonds is 0. The Morgan fingerprint density at radius 3 is 2.30 bits per heavy atom. The van der Waals surface area contributed by atoms with Crippen LogP contribution in [0.25, 0.3) is 0 Å². The molecule has 0 saturated heterocycles. The molecule has 50 valence electrons. The summed E-state index contributed by atoms with van der Waals surface area (Å²) in [4.78, 5) is 10.6. The smallest absolute Gasteiger partial charge is 0.196 e. The van der Waals surface area contributed by atoms with Crippen LogP contribution in [-0.4, -0.2) is 5.78 Å². The molecule has 10 heavy (non-hydrogen) atoms. The monoisotopic (exact) mass is 140 g/mol. The molecule has 0 atom stereocenters. The molecular weight excluding hydrogens is 138 g/mol. The standard InChI is InChI=1S/C7H2F2O/c8-5-2-3-1-4(6(5)9)7(3)10/h1-2H. The summed E-state index contributed by atoms with van der Waals surface area (Å²) < 4.78 is 24.7. The molecule has 0 aromatic heterocycles. The molecule has 0 radical (unpaired) electrons. The van der Waals surface area contributed by atoms with Crippen molar-refractivity contribution in [2.24, 2.45) is 0 Å². The van der Waals surface area contributed by atoms with Gasteiger partial charge in [0.1, 0.15) is 0 Å². The number of fused-ring (bicyclic) bond motifs is 2. The molecule has 3 heteroatoms. The first-order valence-corrected chi connectivity index (χ1v) is 2.74. The number of carbonyl (C=O) groups excluding carboxylic acids is 1. The van der Waals surface area contributed by atoms with Crippen LogP contribution >= 0.6 is 0 Å². The fourth-order valence-electron chi connectivity index (χ4n) is 0.963. The van der Waals surface area contributed by atoms with Crippen LogP contribution in [0.5, 0.6) is 0 Å². The molecule has 0 fully saturated rings. The largest absolute Gasteiger partial charge is 0.288 e. The maximum atomic E-state index is 12.4. The fraction of sp³-hybridized carbons (Fsp3) is 0. The molecule has 1 aromatic rings. The zero-order valence-electron chi connectivity index (χ0n) is 4.82. The van der Waals surface area contributed by atoms with E-state index in [1.807, 2.05) is 0 Å². The number of ketones is 1. The van der Waals surface area contributed by atoms with E-state index in [-0.39, 0.29) is 16.9 Å². The van der Waals surface area contributed by atoms with E-state index in [1.54, 1.807) is 0 Å². The van der Waals surface area contributed by atoms with Crippen LogP contribution in [0.3, 0.4) is 0 Å². The first-order valence-electron chi connectivity index (χ1n) is 2.74. The van der Waals surface area contributed by atoms with Crippen molar-refractivity contribution in [3.63, 3.8) is 0 Å². The van der Waals surface area contributed by atoms with Crippen molar-refractivity contribution in [3.05, 3.63) is 34.9 Å². The van der Waals surface area contributed by atoms with E-state index >= 15 is 0 Å². The zero-order valence-corrected chi connectivity index (χ0v) is 4.82. The highest BCUT2D eigenvalue weighted by atomic mass is 19.2. The van der Waals surface area contributed by atoms with Crippen LogP contribution in [-0.2, 0) is 0 Å². The van der Waals surface area contributed by atoms with Gasteiger partial charge in [0.2, 0.25) is 0 Å². The Bertz CT molecular complexity index is 331. The molecule has 3 rings (SSSR count). The molecule has 0 N–H and O–H groups in total. The van der Waals surface area contributed by atoms with Gasteiger partial charge in [-0.25, -0.2) is 8.78 Å². The van der Waals surface area contributed by atoms with Gasteiger partial charge < -0.3 is 0 Å². The van der Waals surface area contributed by atoms with E-state index in [1.165, 1.54) is 6.07 Å². The van der Waals surface area contributed by atoms with Crippen molar-refractivity contribution in [1.29, 1.82) is 0 Å². The summed E-state index contributed by atoms with van der Waals surface area (Å²) in [6, 6.07) is 2.24. The van der Waals surface area contributed by atoms with E-state index in [2.05, 4.69) is 0 Å². The van der Waals surface area contributed by atoms with Crippen LogP contribution in [0.4, 0.5) is 8.78 Å². The van der Waals surface area contributed by atoms with Crippen molar-refractivity contribution in [3.8, 4) is 0 Å². The molecule has 0 heterocycles.